The van der Waals surface area contributed by atoms with Gasteiger partial charge in [-0.2, -0.15) is 5.10 Å². The number of amides is 3. The number of carbonyl (C=O) groups is 2. The van der Waals surface area contributed by atoms with Gasteiger partial charge in [-0.1, -0.05) is 6.07 Å². The molecular weight excluding hydrogens is 324 g/mol. The average Bonchev–Trinajstić information content (AvgIpc) is 3.11. The van der Waals surface area contributed by atoms with Crippen LogP contribution in [-0.2, 0) is 11.3 Å². The first-order chi connectivity index (χ1) is 12.1. The van der Waals surface area contributed by atoms with Crippen LogP contribution in [0.3, 0.4) is 0 Å². The summed E-state index contributed by atoms with van der Waals surface area (Å²) < 4.78 is 7.04. The highest BCUT2D eigenvalue weighted by Gasteiger charge is 2.18. The van der Waals surface area contributed by atoms with E-state index in [1.165, 1.54) is 6.33 Å². The van der Waals surface area contributed by atoms with E-state index in [1.807, 2.05) is 19.1 Å². The molecule has 1 aromatic heterocycles. The highest BCUT2D eigenvalue weighted by atomic mass is 16.5. The summed E-state index contributed by atoms with van der Waals surface area (Å²) in [7, 11) is 0. The number of urea groups is 1. The van der Waals surface area contributed by atoms with Gasteiger partial charge in [0.25, 0.3) is 5.91 Å². The van der Waals surface area contributed by atoms with Crippen LogP contribution in [0.5, 0.6) is 5.75 Å². The Morgan fingerprint density at radius 3 is 3.16 bits per heavy atom. The Balaban J connectivity index is 1.46. The van der Waals surface area contributed by atoms with Gasteiger partial charge in [0.15, 0.2) is 6.61 Å². The molecule has 0 saturated carbocycles. The minimum absolute atomic E-state index is 0.0250. The normalized spacial score (nSPS) is 14.0. The topological polar surface area (TPSA) is 110 Å². The smallest absolute Gasteiger partial charge is 0.315 e. The third kappa shape index (κ3) is 4.46. The molecule has 1 unspecified atom stereocenters. The molecule has 0 spiro atoms. The van der Waals surface area contributed by atoms with Crippen LogP contribution in [-0.4, -0.2) is 39.9 Å². The SMILES string of the molecule is CC(NC(=O)NCCCn1cncn1)c1ccc2c(c1)NC(=O)CO2. The Hall–Kier alpha value is -3.10. The lowest BCUT2D eigenvalue weighted by molar-refractivity contribution is -0.118. The number of anilines is 1. The van der Waals surface area contributed by atoms with Crippen LogP contribution in [0.25, 0.3) is 0 Å². The maximum absolute atomic E-state index is 12.0. The summed E-state index contributed by atoms with van der Waals surface area (Å²) in [6.07, 6.45) is 3.88. The van der Waals surface area contributed by atoms with Crippen molar-refractivity contribution in [3.05, 3.63) is 36.4 Å². The zero-order valence-corrected chi connectivity index (χ0v) is 13.9. The van der Waals surface area contributed by atoms with Crippen LogP contribution in [0.4, 0.5) is 10.5 Å². The van der Waals surface area contributed by atoms with Crippen LogP contribution >= 0.6 is 0 Å². The number of ether oxygens (including phenoxy) is 1. The van der Waals surface area contributed by atoms with Crippen molar-refractivity contribution in [2.24, 2.45) is 0 Å². The zero-order chi connectivity index (χ0) is 17.6. The van der Waals surface area contributed by atoms with Gasteiger partial charge in [0.05, 0.1) is 11.7 Å². The summed E-state index contributed by atoms with van der Waals surface area (Å²) in [5, 5.41) is 12.4. The first-order valence-corrected chi connectivity index (χ1v) is 8.05. The van der Waals surface area contributed by atoms with Crippen molar-refractivity contribution in [3.8, 4) is 5.75 Å². The minimum atomic E-state index is -0.246. The van der Waals surface area contributed by atoms with Crippen molar-refractivity contribution in [2.75, 3.05) is 18.5 Å². The second-order valence-corrected chi connectivity index (χ2v) is 5.73. The molecule has 1 aliphatic rings. The van der Waals surface area contributed by atoms with Crippen molar-refractivity contribution in [1.29, 1.82) is 0 Å². The predicted molar refractivity (Wildman–Crippen MR) is 90.2 cm³/mol. The highest BCUT2D eigenvalue weighted by molar-refractivity contribution is 5.95. The lowest BCUT2D eigenvalue weighted by atomic mass is 10.1. The molecule has 3 N–H and O–H groups in total. The second kappa shape index (κ2) is 7.65. The summed E-state index contributed by atoms with van der Waals surface area (Å²) in [5.74, 6) is 0.448. The molecule has 0 saturated heterocycles. The molecule has 3 rings (SSSR count). The standard InChI is InChI=1S/C16H20N6O3/c1-11(12-3-4-14-13(7-12)21-15(23)8-25-14)20-16(24)18-5-2-6-22-10-17-9-19-22/h3-4,7,9-11H,2,5-6,8H2,1H3,(H,21,23)(H2,18,20,24). The number of nitrogens with zero attached hydrogens (tertiary/aromatic N) is 3. The minimum Gasteiger partial charge on any atom is -0.482 e. The number of benzene rings is 1. The van der Waals surface area contributed by atoms with Gasteiger partial charge in [0.1, 0.15) is 18.4 Å². The van der Waals surface area contributed by atoms with E-state index in [9.17, 15) is 9.59 Å². The number of aromatic nitrogens is 3. The van der Waals surface area contributed by atoms with E-state index >= 15 is 0 Å². The van der Waals surface area contributed by atoms with Gasteiger partial charge in [0, 0.05) is 13.1 Å². The van der Waals surface area contributed by atoms with Gasteiger partial charge in [0.2, 0.25) is 0 Å². The van der Waals surface area contributed by atoms with Gasteiger partial charge in [-0.15, -0.1) is 0 Å². The molecule has 0 aliphatic carbocycles. The summed E-state index contributed by atoms with van der Waals surface area (Å²) >= 11 is 0. The molecule has 0 radical (unpaired) electrons. The quantitative estimate of drug-likeness (QED) is 0.679. The molecule has 9 heteroatoms. The Bertz CT molecular complexity index is 746. The number of hydrogen-bond acceptors (Lipinski definition) is 5. The van der Waals surface area contributed by atoms with Gasteiger partial charge in [-0.25, -0.2) is 9.78 Å². The van der Waals surface area contributed by atoms with Gasteiger partial charge in [-0.3, -0.25) is 9.48 Å². The number of rotatable bonds is 6. The fourth-order valence-corrected chi connectivity index (χ4v) is 2.49. The number of aryl methyl sites for hydroxylation is 1. The fourth-order valence-electron chi connectivity index (χ4n) is 2.49. The third-order valence-corrected chi connectivity index (χ3v) is 3.80. The Morgan fingerprint density at radius 2 is 2.36 bits per heavy atom. The lowest BCUT2D eigenvalue weighted by Crippen LogP contribution is -2.37. The first-order valence-electron chi connectivity index (χ1n) is 8.05. The summed E-state index contributed by atoms with van der Waals surface area (Å²) in [6.45, 7) is 3.13. The number of nitrogens with one attached hydrogen (secondary N) is 3. The van der Waals surface area contributed by atoms with Crippen LogP contribution in [0.1, 0.15) is 24.9 Å². The van der Waals surface area contributed by atoms with Crippen LogP contribution in [0, 0.1) is 0 Å². The van der Waals surface area contributed by atoms with Crippen molar-refractivity contribution in [1.82, 2.24) is 25.4 Å². The van der Waals surface area contributed by atoms with Crippen molar-refractivity contribution < 1.29 is 14.3 Å². The van der Waals surface area contributed by atoms with E-state index in [0.29, 0.717) is 24.5 Å². The lowest BCUT2D eigenvalue weighted by Gasteiger charge is -2.21. The maximum atomic E-state index is 12.0. The Kier molecular flexibility index (Phi) is 5.12. The molecular formula is C16H20N6O3. The number of hydrogen-bond donors (Lipinski definition) is 3. The van der Waals surface area contributed by atoms with Gasteiger partial charge >= 0.3 is 6.03 Å². The molecule has 2 heterocycles. The van der Waals surface area contributed by atoms with Crippen molar-refractivity contribution in [2.45, 2.75) is 25.9 Å². The molecule has 132 valence electrons. The molecule has 1 aliphatic heterocycles. The molecule has 3 amide bonds. The number of fused-ring (bicyclic) bond motifs is 1. The molecule has 2 aromatic rings. The molecule has 9 nitrogen and oxygen atoms in total. The van der Waals surface area contributed by atoms with Gasteiger partial charge in [-0.05, 0) is 31.0 Å². The Morgan fingerprint density at radius 1 is 1.48 bits per heavy atom. The summed E-state index contributed by atoms with van der Waals surface area (Å²) in [6, 6.07) is 5.01. The Labute approximate surface area is 144 Å². The molecule has 25 heavy (non-hydrogen) atoms. The van der Waals surface area contributed by atoms with Crippen LogP contribution < -0.4 is 20.7 Å². The largest absolute Gasteiger partial charge is 0.482 e. The fraction of sp³-hybridized carbons (Fsp3) is 0.375. The summed E-state index contributed by atoms with van der Waals surface area (Å²) in [4.78, 5) is 27.2. The maximum Gasteiger partial charge on any atom is 0.315 e. The van der Waals surface area contributed by atoms with Crippen LogP contribution in [0.15, 0.2) is 30.9 Å². The van der Waals surface area contributed by atoms with E-state index in [1.54, 1.807) is 17.1 Å². The monoisotopic (exact) mass is 344 g/mol. The highest BCUT2D eigenvalue weighted by Crippen LogP contribution is 2.30. The van der Waals surface area contributed by atoms with Crippen molar-refractivity contribution in [3.63, 3.8) is 0 Å². The molecule has 0 bridgehead atoms. The molecule has 1 atom stereocenters. The van der Waals surface area contributed by atoms with E-state index in [2.05, 4.69) is 26.0 Å². The van der Waals surface area contributed by atoms with E-state index in [4.69, 9.17) is 4.74 Å². The average molecular weight is 344 g/mol. The zero-order valence-electron chi connectivity index (χ0n) is 13.9. The predicted octanol–water partition coefficient (Wildman–Crippen LogP) is 1.06. The van der Waals surface area contributed by atoms with E-state index in [0.717, 1.165) is 12.0 Å². The van der Waals surface area contributed by atoms with Crippen LogP contribution in [0.2, 0.25) is 0 Å². The third-order valence-electron chi connectivity index (χ3n) is 3.80. The second-order valence-electron chi connectivity index (χ2n) is 5.73. The summed E-state index contributed by atoms with van der Waals surface area (Å²) in [5.41, 5.74) is 1.50. The van der Waals surface area contributed by atoms with Gasteiger partial charge < -0.3 is 20.7 Å². The van der Waals surface area contributed by atoms with E-state index < -0.39 is 0 Å². The van der Waals surface area contributed by atoms with Crippen molar-refractivity contribution >= 4 is 17.6 Å². The number of carbonyl (C=O) groups excluding carboxylic acids is 2. The first kappa shape index (κ1) is 16.7. The molecule has 0 fully saturated rings. The van der Waals surface area contributed by atoms with E-state index in [-0.39, 0.29) is 24.6 Å². The molecule has 1 aromatic carbocycles.